The van der Waals surface area contributed by atoms with Gasteiger partial charge in [0.15, 0.2) is 0 Å². The summed E-state index contributed by atoms with van der Waals surface area (Å²) in [6.45, 7) is 6.77. The van der Waals surface area contributed by atoms with Crippen molar-refractivity contribution < 1.29 is 9.84 Å². The lowest BCUT2D eigenvalue weighted by atomic mass is 9.73. The Labute approximate surface area is 200 Å². The first kappa shape index (κ1) is 21.3. The van der Waals surface area contributed by atoms with E-state index in [1.807, 2.05) is 18.3 Å². The topological polar surface area (TPSA) is 45.6 Å². The highest BCUT2D eigenvalue weighted by atomic mass is 16.5. The van der Waals surface area contributed by atoms with Crippen LogP contribution in [0.1, 0.15) is 30.1 Å². The van der Waals surface area contributed by atoms with Gasteiger partial charge in [-0.1, -0.05) is 48.5 Å². The number of piperidine rings is 3. The molecule has 3 saturated heterocycles. The third-order valence-corrected chi connectivity index (χ3v) is 7.87. The van der Waals surface area contributed by atoms with Gasteiger partial charge in [0.2, 0.25) is 0 Å². The summed E-state index contributed by atoms with van der Waals surface area (Å²) < 4.78 is 6.85. The Kier molecular flexibility index (Phi) is 5.56. The molecule has 172 valence electrons. The van der Waals surface area contributed by atoms with Crippen molar-refractivity contribution in [3.8, 4) is 5.75 Å². The van der Waals surface area contributed by atoms with Crippen molar-refractivity contribution in [1.82, 2.24) is 9.88 Å². The summed E-state index contributed by atoms with van der Waals surface area (Å²) >= 11 is 0. The van der Waals surface area contributed by atoms with Crippen LogP contribution in [-0.2, 0) is 11.3 Å². The number of hydrogen-bond acceptors (Lipinski definition) is 4. The second kappa shape index (κ2) is 8.86. The summed E-state index contributed by atoms with van der Waals surface area (Å²) in [4.78, 5) is 7.14. The first-order chi connectivity index (χ1) is 16.7. The third kappa shape index (κ3) is 3.77. The Balaban J connectivity index is 1.40. The minimum absolute atomic E-state index is 0.111. The van der Waals surface area contributed by atoms with Crippen molar-refractivity contribution in [3.63, 3.8) is 0 Å². The van der Waals surface area contributed by atoms with Crippen LogP contribution in [0.5, 0.6) is 5.75 Å². The van der Waals surface area contributed by atoms with Gasteiger partial charge in [0, 0.05) is 24.2 Å². The number of ether oxygens (including phenoxy) is 1. The van der Waals surface area contributed by atoms with E-state index < -0.39 is 0 Å². The van der Waals surface area contributed by atoms with Gasteiger partial charge in [0.25, 0.3) is 0 Å². The standard InChI is InChI=1S/C30H30N2O2/c1-2-20-18-32-15-13-22(20)16-29(32)30(26-12-14-31-28-11-10-24(33)17-27(26)28)34-19-23-8-5-7-21-6-3-4-9-25(21)23/h2-12,14,17,20,22,29-30,33H,1,13,15-16,18-19H2/t20-,22?,29?,30+/m1/s1. The summed E-state index contributed by atoms with van der Waals surface area (Å²) in [5.74, 6) is 1.46. The zero-order valence-corrected chi connectivity index (χ0v) is 19.3. The van der Waals surface area contributed by atoms with Crippen LogP contribution in [0.25, 0.3) is 21.7 Å². The fourth-order valence-electron chi connectivity index (χ4n) is 6.10. The summed E-state index contributed by atoms with van der Waals surface area (Å²) in [5.41, 5.74) is 3.19. The van der Waals surface area contributed by atoms with Crippen molar-refractivity contribution >= 4 is 21.7 Å². The Morgan fingerprint density at radius 2 is 1.97 bits per heavy atom. The molecule has 0 amide bonds. The fraction of sp³-hybridized carbons (Fsp3) is 0.300. The van der Waals surface area contributed by atoms with E-state index in [0.29, 0.717) is 18.4 Å². The monoisotopic (exact) mass is 450 g/mol. The molecule has 7 rings (SSSR count). The Hall–Kier alpha value is -3.21. The number of phenols is 1. The van der Waals surface area contributed by atoms with E-state index in [1.54, 1.807) is 6.07 Å². The largest absolute Gasteiger partial charge is 0.508 e. The summed E-state index contributed by atoms with van der Waals surface area (Å²) in [6.07, 6.45) is 6.21. The minimum atomic E-state index is -0.111. The predicted octanol–water partition coefficient (Wildman–Crippen LogP) is 6.25. The lowest BCUT2D eigenvalue weighted by Gasteiger charge is -2.51. The van der Waals surface area contributed by atoms with Gasteiger partial charge in [-0.2, -0.15) is 0 Å². The predicted molar refractivity (Wildman–Crippen MR) is 137 cm³/mol. The number of benzene rings is 3. The SMILES string of the molecule is C=C[C@@H]1CN2CCC1CC2[C@@H](OCc1cccc2ccccc12)c1ccnc2ccc(O)cc12. The van der Waals surface area contributed by atoms with Gasteiger partial charge in [-0.05, 0) is 77.4 Å². The van der Waals surface area contributed by atoms with Gasteiger partial charge in [-0.25, -0.2) is 0 Å². The van der Waals surface area contributed by atoms with E-state index >= 15 is 0 Å². The molecule has 1 aromatic heterocycles. The van der Waals surface area contributed by atoms with Gasteiger partial charge in [0.05, 0.1) is 18.2 Å². The maximum absolute atomic E-state index is 10.3. The molecule has 34 heavy (non-hydrogen) atoms. The van der Waals surface area contributed by atoms with Gasteiger partial charge in [0.1, 0.15) is 5.75 Å². The van der Waals surface area contributed by atoms with Crippen molar-refractivity contribution in [2.75, 3.05) is 13.1 Å². The van der Waals surface area contributed by atoms with Gasteiger partial charge < -0.3 is 9.84 Å². The van der Waals surface area contributed by atoms with Crippen LogP contribution in [0.15, 0.2) is 85.6 Å². The third-order valence-electron chi connectivity index (χ3n) is 7.87. The van der Waals surface area contributed by atoms with Crippen molar-refractivity contribution in [2.24, 2.45) is 11.8 Å². The van der Waals surface area contributed by atoms with E-state index in [0.717, 1.165) is 36.0 Å². The number of pyridine rings is 1. The first-order valence-electron chi connectivity index (χ1n) is 12.2. The molecule has 3 unspecified atom stereocenters. The molecule has 4 heterocycles. The minimum Gasteiger partial charge on any atom is -0.508 e. The lowest BCUT2D eigenvalue weighted by Crippen LogP contribution is -2.55. The summed E-state index contributed by atoms with van der Waals surface area (Å²) in [7, 11) is 0. The number of hydrogen-bond donors (Lipinski definition) is 1. The fourth-order valence-corrected chi connectivity index (χ4v) is 6.10. The molecular weight excluding hydrogens is 420 g/mol. The zero-order valence-electron chi connectivity index (χ0n) is 19.3. The van der Waals surface area contributed by atoms with E-state index in [9.17, 15) is 5.11 Å². The molecule has 3 aromatic carbocycles. The quantitative estimate of drug-likeness (QED) is 0.353. The van der Waals surface area contributed by atoms with E-state index in [-0.39, 0.29) is 17.9 Å². The number of fused-ring (bicyclic) bond motifs is 5. The van der Waals surface area contributed by atoms with Crippen LogP contribution in [0, 0.1) is 11.8 Å². The molecule has 0 radical (unpaired) electrons. The van der Waals surface area contributed by atoms with Gasteiger partial charge in [-0.3, -0.25) is 9.88 Å². The summed E-state index contributed by atoms with van der Waals surface area (Å²) in [5, 5.41) is 13.7. The van der Waals surface area contributed by atoms with E-state index in [4.69, 9.17) is 4.74 Å². The van der Waals surface area contributed by atoms with Gasteiger partial charge >= 0.3 is 0 Å². The highest BCUT2D eigenvalue weighted by Crippen LogP contribution is 2.44. The number of phenolic OH excluding ortho intramolecular Hbond substituents is 1. The molecule has 3 aliphatic heterocycles. The molecule has 3 fully saturated rings. The molecule has 4 heteroatoms. The second-order valence-electron chi connectivity index (χ2n) is 9.72. The smallest absolute Gasteiger partial charge is 0.116 e. The zero-order chi connectivity index (χ0) is 23.1. The van der Waals surface area contributed by atoms with Crippen molar-refractivity contribution in [3.05, 3.63) is 96.7 Å². The Bertz CT molecular complexity index is 1340. The van der Waals surface area contributed by atoms with Gasteiger partial charge in [-0.15, -0.1) is 6.58 Å². The normalized spacial score (nSPS) is 24.9. The molecular formula is C30H30N2O2. The van der Waals surface area contributed by atoms with Crippen LogP contribution in [0.2, 0.25) is 0 Å². The average Bonchev–Trinajstić information content (AvgIpc) is 2.89. The first-order valence-corrected chi connectivity index (χ1v) is 12.2. The maximum Gasteiger partial charge on any atom is 0.116 e. The highest BCUT2D eigenvalue weighted by molar-refractivity contribution is 5.86. The number of aromatic nitrogens is 1. The number of nitrogens with zero attached hydrogens (tertiary/aromatic N) is 2. The van der Waals surface area contributed by atoms with Crippen LogP contribution in [0.3, 0.4) is 0 Å². The molecule has 0 aliphatic carbocycles. The molecule has 3 aliphatic rings. The van der Waals surface area contributed by atoms with Crippen molar-refractivity contribution in [2.45, 2.75) is 31.6 Å². The molecule has 0 spiro atoms. The van der Waals surface area contributed by atoms with Crippen LogP contribution in [0.4, 0.5) is 0 Å². The molecule has 4 nitrogen and oxygen atoms in total. The molecule has 4 aromatic rings. The number of rotatable bonds is 6. The Morgan fingerprint density at radius 1 is 1.09 bits per heavy atom. The highest BCUT2D eigenvalue weighted by Gasteiger charge is 2.43. The maximum atomic E-state index is 10.3. The van der Waals surface area contributed by atoms with Crippen LogP contribution < -0.4 is 0 Å². The van der Waals surface area contributed by atoms with E-state index in [2.05, 4.69) is 71.1 Å². The molecule has 5 atom stereocenters. The second-order valence-corrected chi connectivity index (χ2v) is 9.72. The molecule has 1 N–H and O–H groups in total. The van der Waals surface area contributed by atoms with Crippen LogP contribution >= 0.6 is 0 Å². The number of aromatic hydroxyl groups is 1. The average molecular weight is 451 g/mol. The Morgan fingerprint density at radius 3 is 2.82 bits per heavy atom. The summed E-state index contributed by atoms with van der Waals surface area (Å²) in [6, 6.07) is 22.7. The lowest BCUT2D eigenvalue weighted by molar-refractivity contribution is -0.0801. The van der Waals surface area contributed by atoms with Crippen molar-refractivity contribution in [1.29, 1.82) is 0 Å². The van der Waals surface area contributed by atoms with Crippen LogP contribution in [-0.4, -0.2) is 34.1 Å². The molecule has 0 saturated carbocycles. The van der Waals surface area contributed by atoms with E-state index in [1.165, 1.54) is 22.8 Å². The molecule has 2 bridgehead atoms.